The fourth-order valence-corrected chi connectivity index (χ4v) is 7.96. The maximum atomic E-state index is 6.49. The Balaban J connectivity index is 1.33. The minimum absolute atomic E-state index is 0.624. The molecule has 0 atom stereocenters. The van der Waals surface area contributed by atoms with Crippen LogP contribution in [0.4, 0.5) is 0 Å². The molecule has 0 amide bonds. The van der Waals surface area contributed by atoms with Crippen LogP contribution in [0.25, 0.3) is 92.4 Å². The molecule has 6 aromatic carbocycles. The largest absolute Gasteiger partial charge is 0.452 e. The van der Waals surface area contributed by atoms with Crippen LogP contribution in [0.1, 0.15) is 0 Å². The Morgan fingerprint density at radius 2 is 1.24 bits per heavy atom. The van der Waals surface area contributed by atoms with Crippen LogP contribution in [-0.2, 0) is 0 Å². The molecular formula is C40H23N3OS. The van der Waals surface area contributed by atoms with Gasteiger partial charge in [-0.2, -0.15) is 0 Å². The lowest BCUT2D eigenvalue weighted by Gasteiger charge is -2.10. The molecule has 4 aromatic heterocycles. The molecule has 0 aliphatic carbocycles. The molecule has 4 nitrogen and oxygen atoms in total. The first kappa shape index (κ1) is 24.6. The lowest BCUT2D eigenvalue weighted by molar-refractivity contribution is 0.666. The first-order valence-electron chi connectivity index (χ1n) is 15.0. The molecule has 210 valence electrons. The van der Waals surface area contributed by atoms with Gasteiger partial charge in [-0.1, -0.05) is 97.1 Å². The fourth-order valence-electron chi connectivity index (χ4n) is 6.84. The van der Waals surface area contributed by atoms with Crippen molar-refractivity contribution in [2.24, 2.45) is 0 Å². The summed E-state index contributed by atoms with van der Waals surface area (Å²) in [6.07, 6.45) is 0. The first-order chi connectivity index (χ1) is 22.3. The zero-order chi connectivity index (χ0) is 29.5. The summed E-state index contributed by atoms with van der Waals surface area (Å²) in [6.45, 7) is 0. The van der Waals surface area contributed by atoms with Crippen LogP contribution in [0, 0.1) is 0 Å². The second kappa shape index (κ2) is 9.36. The van der Waals surface area contributed by atoms with Crippen molar-refractivity contribution >= 4 is 75.4 Å². The summed E-state index contributed by atoms with van der Waals surface area (Å²) in [5.41, 5.74) is 8.50. The van der Waals surface area contributed by atoms with Crippen molar-refractivity contribution < 1.29 is 4.42 Å². The highest BCUT2D eigenvalue weighted by Crippen LogP contribution is 2.44. The third-order valence-electron chi connectivity index (χ3n) is 8.83. The van der Waals surface area contributed by atoms with E-state index < -0.39 is 0 Å². The lowest BCUT2D eigenvalue weighted by Crippen LogP contribution is -2.02. The van der Waals surface area contributed by atoms with Gasteiger partial charge in [0.1, 0.15) is 16.8 Å². The molecule has 0 bridgehead atoms. The summed E-state index contributed by atoms with van der Waals surface area (Å²) >= 11 is 1.84. The van der Waals surface area contributed by atoms with Gasteiger partial charge in [-0.3, -0.25) is 4.57 Å². The fraction of sp³-hybridized carbons (Fsp3) is 0. The van der Waals surface area contributed by atoms with Gasteiger partial charge in [-0.05, 0) is 53.6 Å². The van der Waals surface area contributed by atoms with Crippen LogP contribution in [0.2, 0.25) is 0 Å². The Labute approximate surface area is 261 Å². The maximum Gasteiger partial charge on any atom is 0.236 e. The van der Waals surface area contributed by atoms with Crippen molar-refractivity contribution in [2.75, 3.05) is 0 Å². The molecule has 0 aliphatic rings. The van der Waals surface area contributed by atoms with Gasteiger partial charge in [0.2, 0.25) is 5.95 Å². The smallest absolute Gasteiger partial charge is 0.236 e. The van der Waals surface area contributed by atoms with Gasteiger partial charge in [0.05, 0.1) is 11.0 Å². The molecule has 10 rings (SSSR count). The van der Waals surface area contributed by atoms with Gasteiger partial charge in [-0.25, -0.2) is 9.97 Å². The number of nitrogens with zero attached hydrogens (tertiary/aromatic N) is 3. The molecule has 0 N–H and O–H groups in total. The second-order valence-electron chi connectivity index (χ2n) is 11.4. The molecule has 0 saturated heterocycles. The van der Waals surface area contributed by atoms with Crippen molar-refractivity contribution in [3.8, 4) is 28.3 Å². The highest BCUT2D eigenvalue weighted by atomic mass is 32.1. The molecule has 45 heavy (non-hydrogen) atoms. The summed E-state index contributed by atoms with van der Waals surface area (Å²) in [4.78, 5) is 10.6. The van der Waals surface area contributed by atoms with Crippen molar-refractivity contribution in [1.29, 1.82) is 0 Å². The predicted octanol–water partition coefficient (Wildman–Crippen LogP) is 11.2. The van der Waals surface area contributed by atoms with E-state index >= 15 is 0 Å². The van der Waals surface area contributed by atoms with Crippen molar-refractivity contribution in [1.82, 2.24) is 14.5 Å². The van der Waals surface area contributed by atoms with Crippen molar-refractivity contribution in [2.45, 2.75) is 0 Å². The number of furan rings is 1. The second-order valence-corrected chi connectivity index (χ2v) is 12.5. The molecule has 0 saturated carbocycles. The number of thiophene rings is 1. The maximum absolute atomic E-state index is 6.49. The van der Waals surface area contributed by atoms with E-state index in [1.54, 1.807) is 0 Å². The van der Waals surface area contributed by atoms with Gasteiger partial charge in [-0.15, -0.1) is 11.3 Å². The Kier molecular flexibility index (Phi) is 5.12. The molecule has 10 aromatic rings. The summed E-state index contributed by atoms with van der Waals surface area (Å²) in [6, 6.07) is 48.9. The first-order valence-corrected chi connectivity index (χ1v) is 15.8. The monoisotopic (exact) mass is 593 g/mol. The zero-order valence-corrected chi connectivity index (χ0v) is 24.8. The van der Waals surface area contributed by atoms with Crippen molar-refractivity contribution in [3.63, 3.8) is 0 Å². The van der Waals surface area contributed by atoms with Gasteiger partial charge in [0.15, 0.2) is 5.58 Å². The molecular weight excluding hydrogens is 571 g/mol. The summed E-state index contributed by atoms with van der Waals surface area (Å²) in [7, 11) is 0. The number of hydrogen-bond acceptors (Lipinski definition) is 4. The summed E-state index contributed by atoms with van der Waals surface area (Å²) in [5, 5.41) is 5.96. The van der Waals surface area contributed by atoms with Crippen LogP contribution in [0.15, 0.2) is 144 Å². The van der Waals surface area contributed by atoms with E-state index in [1.807, 2.05) is 35.6 Å². The highest BCUT2D eigenvalue weighted by Gasteiger charge is 2.22. The number of rotatable bonds is 3. The van der Waals surface area contributed by atoms with Gasteiger partial charge >= 0.3 is 0 Å². The highest BCUT2D eigenvalue weighted by molar-refractivity contribution is 7.26. The third-order valence-corrected chi connectivity index (χ3v) is 9.96. The van der Waals surface area contributed by atoms with Crippen LogP contribution in [0.5, 0.6) is 0 Å². The Morgan fingerprint density at radius 3 is 2.16 bits per heavy atom. The SMILES string of the molecule is c1ccc(-c2cccc(-c3nc(-n4c5ccccc5c5c6c(ccc54)sc4ccccc46)nc4c3oc3ccccc34)c2)cc1. The standard InChI is InChI=1S/C40H23N3OS/c1-2-11-24(12-3-1)25-13-10-14-26(23-25)37-39-38(28-16-5-8-19-32(28)44-39)42-40(41-37)43-30-18-7-4-15-27(30)35-31(43)21-22-34-36(35)29-17-6-9-20-33(29)45-34/h1-23H. The molecule has 0 unspecified atom stereocenters. The molecule has 4 heterocycles. The average molecular weight is 594 g/mol. The minimum Gasteiger partial charge on any atom is -0.452 e. The van der Waals surface area contributed by atoms with E-state index in [-0.39, 0.29) is 0 Å². The summed E-state index contributed by atoms with van der Waals surface area (Å²) < 4.78 is 11.3. The quantitative estimate of drug-likeness (QED) is 0.205. The topological polar surface area (TPSA) is 43.9 Å². The Morgan fingerprint density at radius 1 is 0.511 bits per heavy atom. The molecule has 0 radical (unpaired) electrons. The molecule has 5 heteroatoms. The van der Waals surface area contributed by atoms with E-state index in [1.165, 1.54) is 30.9 Å². The summed E-state index contributed by atoms with van der Waals surface area (Å²) in [5.74, 6) is 0.624. The number of benzene rings is 6. The lowest BCUT2D eigenvalue weighted by atomic mass is 10.0. The van der Waals surface area contributed by atoms with E-state index in [0.717, 1.165) is 49.9 Å². The normalized spacial score (nSPS) is 12.0. The van der Waals surface area contributed by atoms with Crippen molar-refractivity contribution in [3.05, 3.63) is 140 Å². The molecule has 0 fully saturated rings. The minimum atomic E-state index is 0.624. The zero-order valence-electron chi connectivity index (χ0n) is 23.9. The third kappa shape index (κ3) is 3.59. The van der Waals surface area contributed by atoms with E-state index in [0.29, 0.717) is 11.5 Å². The number of aromatic nitrogens is 3. The van der Waals surface area contributed by atoms with E-state index in [4.69, 9.17) is 14.4 Å². The van der Waals surface area contributed by atoms with E-state index in [2.05, 4.69) is 120 Å². The number of hydrogen-bond donors (Lipinski definition) is 0. The number of para-hydroxylation sites is 2. The Hall–Kier alpha value is -5.78. The number of fused-ring (bicyclic) bond motifs is 10. The van der Waals surface area contributed by atoms with E-state index in [9.17, 15) is 0 Å². The van der Waals surface area contributed by atoms with Crippen LogP contribution in [0.3, 0.4) is 0 Å². The Bertz CT molecular complexity index is 2770. The average Bonchev–Trinajstić information content (AvgIpc) is 3.77. The molecule has 0 spiro atoms. The predicted molar refractivity (Wildman–Crippen MR) is 187 cm³/mol. The van der Waals surface area contributed by atoms with Crippen LogP contribution < -0.4 is 0 Å². The van der Waals surface area contributed by atoms with Crippen LogP contribution in [-0.4, -0.2) is 14.5 Å². The molecule has 0 aliphatic heterocycles. The van der Waals surface area contributed by atoms with Gasteiger partial charge in [0, 0.05) is 41.9 Å². The van der Waals surface area contributed by atoms with Crippen LogP contribution >= 0.6 is 11.3 Å². The van der Waals surface area contributed by atoms with Gasteiger partial charge < -0.3 is 4.42 Å². The van der Waals surface area contributed by atoms with Gasteiger partial charge in [0.25, 0.3) is 0 Å².